The van der Waals surface area contributed by atoms with Crippen LogP contribution in [0.5, 0.6) is 0 Å². The van der Waals surface area contributed by atoms with Crippen LogP contribution in [0.4, 0.5) is 4.79 Å². The van der Waals surface area contributed by atoms with Gasteiger partial charge >= 0.3 is 12.0 Å². The van der Waals surface area contributed by atoms with Crippen LogP contribution in [-0.4, -0.2) is 51.8 Å². The Morgan fingerprint density at radius 3 is 2.35 bits per heavy atom. The van der Waals surface area contributed by atoms with Gasteiger partial charge in [-0.2, -0.15) is 0 Å². The van der Waals surface area contributed by atoms with E-state index in [1.807, 2.05) is 0 Å². The molecule has 6 heteroatoms. The molecule has 17 heavy (non-hydrogen) atoms. The fourth-order valence-corrected chi connectivity index (χ4v) is 1.99. The van der Waals surface area contributed by atoms with Gasteiger partial charge in [0.2, 0.25) is 0 Å². The molecule has 0 saturated carbocycles. The molecular formula is C11H20N2O4. The van der Waals surface area contributed by atoms with Crippen LogP contribution in [0.3, 0.4) is 0 Å². The summed E-state index contributed by atoms with van der Waals surface area (Å²) in [6, 6.07) is -0.410. The van der Waals surface area contributed by atoms with Crippen LogP contribution in [0, 0.1) is 0 Å². The van der Waals surface area contributed by atoms with Gasteiger partial charge in [-0.25, -0.2) is 9.59 Å². The van der Waals surface area contributed by atoms with Crippen molar-refractivity contribution in [3.8, 4) is 0 Å². The molecule has 98 valence electrons. The SMILES string of the molecule is CCC(CC)(NC(=O)N1CCC(O)C1)C(=O)O. The molecule has 0 aromatic rings. The van der Waals surface area contributed by atoms with Crippen LogP contribution >= 0.6 is 0 Å². The molecule has 1 fully saturated rings. The van der Waals surface area contributed by atoms with Crippen LogP contribution in [0.25, 0.3) is 0 Å². The molecule has 6 nitrogen and oxygen atoms in total. The lowest BCUT2D eigenvalue weighted by Crippen LogP contribution is -2.57. The first-order valence-electron chi connectivity index (χ1n) is 5.93. The van der Waals surface area contributed by atoms with Crippen LogP contribution in [0.15, 0.2) is 0 Å². The largest absolute Gasteiger partial charge is 0.480 e. The summed E-state index contributed by atoms with van der Waals surface area (Å²) in [6.45, 7) is 4.21. The Balaban J connectivity index is 2.68. The van der Waals surface area contributed by atoms with Crippen molar-refractivity contribution < 1.29 is 19.8 Å². The third kappa shape index (κ3) is 2.88. The zero-order valence-electron chi connectivity index (χ0n) is 10.3. The van der Waals surface area contributed by atoms with Gasteiger partial charge in [-0.3, -0.25) is 0 Å². The molecule has 0 bridgehead atoms. The van der Waals surface area contributed by atoms with Crippen molar-refractivity contribution in [2.24, 2.45) is 0 Å². The van der Waals surface area contributed by atoms with Crippen LogP contribution < -0.4 is 5.32 Å². The van der Waals surface area contributed by atoms with Crippen molar-refractivity contribution in [1.29, 1.82) is 0 Å². The van der Waals surface area contributed by atoms with Crippen molar-refractivity contribution in [3.63, 3.8) is 0 Å². The zero-order chi connectivity index (χ0) is 13.1. The highest BCUT2D eigenvalue weighted by Gasteiger charge is 2.38. The average molecular weight is 244 g/mol. The first-order chi connectivity index (χ1) is 7.95. The number of urea groups is 1. The van der Waals surface area contributed by atoms with Gasteiger partial charge in [0.25, 0.3) is 0 Å². The highest BCUT2D eigenvalue weighted by Crippen LogP contribution is 2.17. The van der Waals surface area contributed by atoms with Crippen LogP contribution in [0.1, 0.15) is 33.1 Å². The molecular weight excluding hydrogens is 224 g/mol. The lowest BCUT2D eigenvalue weighted by molar-refractivity contribution is -0.144. The summed E-state index contributed by atoms with van der Waals surface area (Å²) < 4.78 is 0. The van der Waals surface area contributed by atoms with Gasteiger partial charge in [-0.1, -0.05) is 13.8 Å². The van der Waals surface area contributed by atoms with E-state index in [0.29, 0.717) is 25.8 Å². The van der Waals surface area contributed by atoms with Gasteiger partial charge in [-0.15, -0.1) is 0 Å². The fraction of sp³-hybridized carbons (Fsp3) is 0.818. The zero-order valence-corrected chi connectivity index (χ0v) is 10.3. The Bertz CT molecular complexity index is 302. The number of likely N-dealkylation sites (tertiary alicyclic amines) is 1. The van der Waals surface area contributed by atoms with E-state index >= 15 is 0 Å². The maximum absolute atomic E-state index is 11.9. The highest BCUT2D eigenvalue weighted by molar-refractivity contribution is 5.86. The molecule has 0 spiro atoms. The Kier molecular flexibility index (Phi) is 4.34. The fourth-order valence-electron chi connectivity index (χ4n) is 1.99. The van der Waals surface area contributed by atoms with E-state index in [0.717, 1.165) is 0 Å². The summed E-state index contributed by atoms with van der Waals surface area (Å²) >= 11 is 0. The second kappa shape index (κ2) is 5.35. The monoisotopic (exact) mass is 244 g/mol. The van der Waals surface area contributed by atoms with Gasteiger partial charge in [0.1, 0.15) is 5.54 Å². The van der Waals surface area contributed by atoms with Crippen molar-refractivity contribution in [1.82, 2.24) is 10.2 Å². The Morgan fingerprint density at radius 2 is 2.00 bits per heavy atom. The Morgan fingerprint density at radius 1 is 1.41 bits per heavy atom. The number of nitrogens with one attached hydrogen (secondary N) is 1. The number of amides is 2. The smallest absolute Gasteiger partial charge is 0.329 e. The third-order valence-electron chi connectivity index (χ3n) is 3.41. The van der Waals surface area contributed by atoms with Gasteiger partial charge < -0.3 is 20.4 Å². The summed E-state index contributed by atoms with van der Waals surface area (Å²) in [5.41, 5.74) is -1.20. The lowest BCUT2D eigenvalue weighted by Gasteiger charge is -2.30. The van der Waals surface area contributed by atoms with Crippen molar-refractivity contribution >= 4 is 12.0 Å². The summed E-state index contributed by atoms with van der Waals surface area (Å²) in [4.78, 5) is 24.5. The molecule has 1 atom stereocenters. The topological polar surface area (TPSA) is 89.9 Å². The highest BCUT2D eigenvalue weighted by atomic mass is 16.4. The van der Waals surface area contributed by atoms with Crippen molar-refractivity contribution in [2.75, 3.05) is 13.1 Å². The molecule has 2 amide bonds. The molecule has 1 aliphatic heterocycles. The molecule has 1 aliphatic rings. The standard InChI is InChI=1S/C11H20N2O4/c1-3-11(4-2,9(15)16)12-10(17)13-6-5-8(14)7-13/h8,14H,3-7H2,1-2H3,(H,12,17)(H,15,16). The maximum Gasteiger partial charge on any atom is 0.329 e. The summed E-state index contributed by atoms with van der Waals surface area (Å²) in [7, 11) is 0. The Labute approximate surface area is 101 Å². The lowest BCUT2D eigenvalue weighted by atomic mass is 9.93. The summed E-state index contributed by atoms with van der Waals surface area (Å²) in [5.74, 6) is -1.02. The molecule has 3 N–H and O–H groups in total. The van der Waals surface area contributed by atoms with Crippen molar-refractivity contribution in [3.05, 3.63) is 0 Å². The molecule has 1 saturated heterocycles. The van der Waals surface area contributed by atoms with E-state index in [1.54, 1.807) is 13.8 Å². The number of aliphatic carboxylic acids is 1. The quantitative estimate of drug-likeness (QED) is 0.668. The maximum atomic E-state index is 11.9. The number of carboxylic acids is 1. The van der Waals surface area contributed by atoms with E-state index in [4.69, 9.17) is 0 Å². The second-order valence-corrected chi connectivity index (χ2v) is 4.41. The van der Waals surface area contributed by atoms with Gasteiger partial charge in [0.15, 0.2) is 0 Å². The minimum Gasteiger partial charge on any atom is -0.480 e. The molecule has 1 heterocycles. The second-order valence-electron chi connectivity index (χ2n) is 4.41. The number of carbonyl (C=O) groups excluding carboxylic acids is 1. The average Bonchev–Trinajstić information content (AvgIpc) is 2.72. The molecule has 0 aromatic heterocycles. The predicted octanol–water partition coefficient (Wildman–Crippen LogP) is 0.406. The molecule has 0 aliphatic carbocycles. The third-order valence-corrected chi connectivity index (χ3v) is 3.41. The molecule has 1 unspecified atom stereocenters. The van der Waals surface area contributed by atoms with E-state index in [1.165, 1.54) is 4.90 Å². The van der Waals surface area contributed by atoms with Crippen LogP contribution in [-0.2, 0) is 4.79 Å². The number of β-amino-alcohol motifs (C(OH)–C–C–N with tert-alkyl or cyclic N) is 1. The molecule has 1 rings (SSSR count). The number of aliphatic hydroxyl groups excluding tert-OH is 1. The van der Waals surface area contributed by atoms with E-state index in [9.17, 15) is 19.8 Å². The van der Waals surface area contributed by atoms with E-state index in [-0.39, 0.29) is 6.54 Å². The number of nitrogens with zero attached hydrogens (tertiary/aromatic N) is 1. The summed E-state index contributed by atoms with van der Waals surface area (Å²) in [6.07, 6.45) is 0.719. The first kappa shape index (κ1) is 13.8. The van der Waals surface area contributed by atoms with Gasteiger partial charge in [-0.05, 0) is 19.3 Å². The number of aliphatic hydroxyl groups is 1. The number of carboxylic acid groups (broad SMARTS) is 1. The number of hydrogen-bond acceptors (Lipinski definition) is 3. The van der Waals surface area contributed by atoms with Gasteiger partial charge in [0, 0.05) is 13.1 Å². The normalized spacial score (nSPS) is 20.4. The van der Waals surface area contributed by atoms with E-state index in [2.05, 4.69) is 5.32 Å². The van der Waals surface area contributed by atoms with Crippen molar-refractivity contribution in [2.45, 2.75) is 44.8 Å². The van der Waals surface area contributed by atoms with E-state index < -0.39 is 23.6 Å². The predicted molar refractivity (Wildman–Crippen MR) is 61.7 cm³/mol. The molecule has 0 aromatic carbocycles. The minimum absolute atomic E-state index is 0.273. The summed E-state index contributed by atoms with van der Waals surface area (Å²) in [5, 5.41) is 21.1. The van der Waals surface area contributed by atoms with Crippen LogP contribution in [0.2, 0.25) is 0 Å². The Hall–Kier alpha value is -1.30. The number of hydrogen-bond donors (Lipinski definition) is 3. The van der Waals surface area contributed by atoms with Gasteiger partial charge in [0.05, 0.1) is 6.10 Å². The first-order valence-corrected chi connectivity index (χ1v) is 5.93. The minimum atomic E-state index is -1.20. The number of carbonyl (C=O) groups is 2. The number of rotatable bonds is 4. The molecule has 0 radical (unpaired) electrons.